The highest BCUT2D eigenvalue weighted by Gasteiger charge is 2.39. The lowest BCUT2D eigenvalue weighted by atomic mass is 10.0. The van der Waals surface area contributed by atoms with Gasteiger partial charge in [0.2, 0.25) is 11.2 Å². The number of alkyl halides is 3. The van der Waals surface area contributed by atoms with Crippen LogP contribution in [0.4, 0.5) is 13.2 Å². The van der Waals surface area contributed by atoms with Crippen molar-refractivity contribution in [1.29, 1.82) is 0 Å². The molecule has 1 heterocycles. The average molecular weight is 306 g/mol. The highest BCUT2D eigenvalue weighted by Crippen LogP contribution is 2.37. The second kappa shape index (κ2) is 4.91. The SMILES string of the molecule is O=c1c(-c2ccc(O)cc2)c(C(F)(F)F)oc2ccccc12. The first-order valence-corrected chi connectivity index (χ1v) is 6.30. The summed E-state index contributed by atoms with van der Waals surface area (Å²) < 4.78 is 44.7. The van der Waals surface area contributed by atoms with Crippen molar-refractivity contribution < 1.29 is 22.7 Å². The normalized spacial score (nSPS) is 11.8. The van der Waals surface area contributed by atoms with Crippen LogP contribution in [0, 0.1) is 0 Å². The third-order valence-electron chi connectivity index (χ3n) is 3.21. The molecule has 3 rings (SSSR count). The van der Waals surface area contributed by atoms with Crippen molar-refractivity contribution in [3.05, 3.63) is 64.5 Å². The Morgan fingerprint density at radius 1 is 0.955 bits per heavy atom. The van der Waals surface area contributed by atoms with E-state index in [9.17, 15) is 23.1 Å². The minimum Gasteiger partial charge on any atom is -0.508 e. The van der Waals surface area contributed by atoms with Gasteiger partial charge < -0.3 is 9.52 Å². The van der Waals surface area contributed by atoms with Crippen molar-refractivity contribution in [2.75, 3.05) is 0 Å². The average Bonchev–Trinajstić information content (AvgIpc) is 2.47. The molecular weight excluding hydrogens is 297 g/mol. The fourth-order valence-electron chi connectivity index (χ4n) is 2.23. The Bertz CT molecular complexity index is 893. The summed E-state index contributed by atoms with van der Waals surface area (Å²) in [5.41, 5.74) is -1.42. The Morgan fingerprint density at radius 3 is 2.23 bits per heavy atom. The number of fused-ring (bicyclic) bond motifs is 1. The van der Waals surface area contributed by atoms with Gasteiger partial charge >= 0.3 is 6.18 Å². The van der Waals surface area contributed by atoms with E-state index in [0.29, 0.717) is 0 Å². The second-order valence-electron chi connectivity index (χ2n) is 4.68. The van der Waals surface area contributed by atoms with E-state index in [0.717, 1.165) is 0 Å². The molecule has 3 aromatic rings. The molecule has 2 aromatic carbocycles. The number of para-hydroxylation sites is 1. The molecule has 0 bridgehead atoms. The summed E-state index contributed by atoms with van der Waals surface area (Å²) in [5.74, 6) is -1.45. The van der Waals surface area contributed by atoms with Gasteiger partial charge in [-0.05, 0) is 29.8 Å². The van der Waals surface area contributed by atoms with Crippen molar-refractivity contribution >= 4 is 11.0 Å². The Labute approximate surface area is 122 Å². The third-order valence-corrected chi connectivity index (χ3v) is 3.21. The van der Waals surface area contributed by atoms with E-state index in [1.54, 1.807) is 6.07 Å². The molecule has 22 heavy (non-hydrogen) atoms. The van der Waals surface area contributed by atoms with E-state index in [1.807, 2.05) is 0 Å². The number of hydrogen-bond donors (Lipinski definition) is 1. The van der Waals surface area contributed by atoms with Gasteiger partial charge in [-0.15, -0.1) is 0 Å². The van der Waals surface area contributed by atoms with Gasteiger partial charge in [-0.1, -0.05) is 24.3 Å². The van der Waals surface area contributed by atoms with Gasteiger partial charge in [0.25, 0.3) is 0 Å². The fourth-order valence-corrected chi connectivity index (χ4v) is 2.23. The third kappa shape index (κ3) is 2.32. The molecule has 0 saturated carbocycles. The maximum absolute atomic E-state index is 13.2. The first-order chi connectivity index (χ1) is 10.4. The molecule has 0 spiro atoms. The van der Waals surface area contributed by atoms with Crippen molar-refractivity contribution in [3.8, 4) is 16.9 Å². The lowest BCUT2D eigenvalue weighted by Crippen LogP contribution is -2.15. The van der Waals surface area contributed by atoms with Crippen molar-refractivity contribution in [2.45, 2.75) is 6.18 Å². The number of rotatable bonds is 1. The lowest BCUT2D eigenvalue weighted by molar-refractivity contribution is -0.152. The quantitative estimate of drug-likeness (QED) is 0.733. The molecule has 0 aliphatic carbocycles. The number of halogens is 3. The standard InChI is InChI=1S/C16H9F3O3/c17-16(18,19)15-13(9-5-7-10(20)8-6-9)14(21)11-3-1-2-4-12(11)22-15/h1-8,20H. The number of hydrogen-bond acceptors (Lipinski definition) is 3. The summed E-state index contributed by atoms with van der Waals surface area (Å²) in [6.07, 6.45) is -4.81. The molecule has 112 valence electrons. The molecule has 0 amide bonds. The summed E-state index contributed by atoms with van der Waals surface area (Å²) in [6.45, 7) is 0. The molecule has 0 saturated heterocycles. The predicted molar refractivity (Wildman–Crippen MR) is 74.6 cm³/mol. The smallest absolute Gasteiger partial charge is 0.450 e. The van der Waals surface area contributed by atoms with E-state index in [1.165, 1.54) is 42.5 Å². The van der Waals surface area contributed by atoms with Gasteiger partial charge in [-0.3, -0.25) is 4.79 Å². The van der Waals surface area contributed by atoms with E-state index in [2.05, 4.69) is 0 Å². The number of benzene rings is 2. The predicted octanol–water partition coefficient (Wildman–Crippen LogP) is 4.18. The monoisotopic (exact) mass is 306 g/mol. The minimum absolute atomic E-state index is 0.0321. The maximum Gasteiger partial charge on any atom is 0.450 e. The van der Waals surface area contributed by atoms with E-state index < -0.39 is 22.9 Å². The van der Waals surface area contributed by atoms with Crippen LogP contribution in [0.1, 0.15) is 5.76 Å². The molecular formula is C16H9F3O3. The lowest BCUT2D eigenvalue weighted by Gasteiger charge is -2.12. The topological polar surface area (TPSA) is 50.4 Å². The molecule has 3 nitrogen and oxygen atoms in total. The highest BCUT2D eigenvalue weighted by atomic mass is 19.4. The summed E-state index contributed by atoms with van der Waals surface area (Å²) in [6, 6.07) is 10.7. The van der Waals surface area contributed by atoms with Gasteiger partial charge in [-0.25, -0.2) is 0 Å². The van der Waals surface area contributed by atoms with Crippen LogP contribution in [-0.2, 0) is 6.18 Å². The zero-order valence-corrected chi connectivity index (χ0v) is 11.0. The second-order valence-corrected chi connectivity index (χ2v) is 4.68. The van der Waals surface area contributed by atoms with Crippen LogP contribution in [0.3, 0.4) is 0 Å². The Balaban J connectivity index is 2.43. The van der Waals surface area contributed by atoms with E-state index in [4.69, 9.17) is 4.42 Å². The molecule has 0 radical (unpaired) electrons. The van der Waals surface area contributed by atoms with E-state index >= 15 is 0 Å². The summed E-state index contributed by atoms with van der Waals surface area (Å²) >= 11 is 0. The molecule has 0 unspecified atom stereocenters. The highest BCUT2D eigenvalue weighted by molar-refractivity contribution is 5.83. The van der Waals surface area contributed by atoms with Crippen LogP contribution < -0.4 is 5.43 Å². The Kier molecular flexibility index (Phi) is 3.16. The van der Waals surface area contributed by atoms with Crippen LogP contribution in [0.25, 0.3) is 22.1 Å². The largest absolute Gasteiger partial charge is 0.508 e. The van der Waals surface area contributed by atoms with Gasteiger partial charge in [0.05, 0.1) is 10.9 Å². The van der Waals surface area contributed by atoms with E-state index in [-0.39, 0.29) is 22.3 Å². The first kappa shape index (κ1) is 14.2. The zero-order valence-electron chi connectivity index (χ0n) is 11.0. The van der Waals surface area contributed by atoms with Crippen LogP contribution in [0.5, 0.6) is 5.75 Å². The number of phenolic OH excluding ortho intramolecular Hbond substituents is 1. The number of phenols is 1. The van der Waals surface area contributed by atoms with Crippen LogP contribution in [0.15, 0.2) is 57.7 Å². The minimum atomic E-state index is -4.81. The van der Waals surface area contributed by atoms with Crippen LogP contribution in [0.2, 0.25) is 0 Å². The van der Waals surface area contributed by atoms with Gasteiger partial charge in [0.1, 0.15) is 11.3 Å². The molecule has 1 aromatic heterocycles. The molecule has 0 fully saturated rings. The van der Waals surface area contributed by atoms with Gasteiger partial charge in [0.15, 0.2) is 0 Å². The van der Waals surface area contributed by atoms with Crippen LogP contribution >= 0.6 is 0 Å². The zero-order chi connectivity index (χ0) is 15.9. The first-order valence-electron chi connectivity index (χ1n) is 6.30. The fraction of sp³-hybridized carbons (Fsp3) is 0.0625. The van der Waals surface area contributed by atoms with Crippen LogP contribution in [-0.4, -0.2) is 5.11 Å². The van der Waals surface area contributed by atoms with Crippen molar-refractivity contribution in [3.63, 3.8) is 0 Å². The van der Waals surface area contributed by atoms with Crippen molar-refractivity contribution in [1.82, 2.24) is 0 Å². The summed E-state index contributed by atoms with van der Waals surface area (Å²) in [7, 11) is 0. The molecule has 0 aliphatic heterocycles. The molecule has 1 N–H and O–H groups in total. The summed E-state index contributed by atoms with van der Waals surface area (Å²) in [5, 5.41) is 9.32. The Morgan fingerprint density at radius 2 is 1.59 bits per heavy atom. The number of aromatic hydroxyl groups is 1. The van der Waals surface area contributed by atoms with Gasteiger partial charge in [-0.2, -0.15) is 13.2 Å². The Hall–Kier alpha value is -2.76. The molecule has 0 atom stereocenters. The maximum atomic E-state index is 13.2. The molecule has 6 heteroatoms. The molecule has 0 aliphatic rings. The van der Waals surface area contributed by atoms with Gasteiger partial charge in [0, 0.05) is 0 Å². The van der Waals surface area contributed by atoms with Crippen molar-refractivity contribution in [2.24, 2.45) is 0 Å². The summed E-state index contributed by atoms with van der Waals surface area (Å²) in [4.78, 5) is 12.5.